The average molecular weight is 264 g/mol. The van der Waals surface area contributed by atoms with Crippen LogP contribution in [-0.2, 0) is 4.79 Å². The molecule has 1 amide bonds. The molecule has 19 heavy (non-hydrogen) atoms. The monoisotopic (exact) mass is 264 g/mol. The normalized spacial score (nSPS) is 15.2. The molecule has 1 saturated heterocycles. The van der Waals surface area contributed by atoms with Gasteiger partial charge in [0.15, 0.2) is 0 Å². The molecule has 0 atom stereocenters. The Kier molecular flexibility index (Phi) is 4.57. The number of likely N-dealkylation sites (N-methyl/N-ethyl adjacent to an activating group) is 1. The maximum absolute atomic E-state index is 12.1. The van der Waals surface area contributed by atoms with E-state index in [-0.39, 0.29) is 5.91 Å². The van der Waals surface area contributed by atoms with Crippen molar-refractivity contribution in [2.24, 2.45) is 0 Å². The minimum atomic E-state index is 0.153. The molecule has 1 aliphatic rings. The number of rotatable bonds is 4. The molecule has 0 unspecified atom stereocenters. The third-order valence-corrected chi connectivity index (χ3v) is 3.21. The van der Waals surface area contributed by atoms with Crippen molar-refractivity contribution < 1.29 is 9.53 Å². The Labute approximate surface area is 113 Å². The van der Waals surface area contributed by atoms with Crippen LogP contribution < -0.4 is 15.0 Å². The van der Waals surface area contributed by atoms with Gasteiger partial charge in [-0.2, -0.15) is 0 Å². The van der Waals surface area contributed by atoms with Crippen molar-refractivity contribution in [3.63, 3.8) is 0 Å². The molecule has 1 fully saturated rings. The van der Waals surface area contributed by atoms with Gasteiger partial charge in [-0.3, -0.25) is 4.79 Å². The second-order valence-corrected chi connectivity index (χ2v) is 4.54. The Morgan fingerprint density at radius 1 is 1.53 bits per heavy atom. The number of anilines is 1. The van der Waals surface area contributed by atoms with Crippen molar-refractivity contribution >= 4 is 11.6 Å². The summed E-state index contributed by atoms with van der Waals surface area (Å²) in [6.07, 6.45) is 1.68. The van der Waals surface area contributed by atoms with Gasteiger partial charge in [0.05, 0.1) is 13.7 Å². The lowest BCUT2D eigenvalue weighted by Crippen LogP contribution is -2.49. The van der Waals surface area contributed by atoms with Gasteiger partial charge in [0, 0.05) is 51.2 Å². The highest BCUT2D eigenvalue weighted by atomic mass is 16.5. The highest BCUT2D eigenvalue weighted by Crippen LogP contribution is 2.17. The summed E-state index contributed by atoms with van der Waals surface area (Å²) in [7, 11) is 3.48. The molecule has 6 heteroatoms. The third kappa shape index (κ3) is 3.57. The number of nitrogens with one attached hydrogen (secondary N) is 1. The quantitative estimate of drug-likeness (QED) is 0.827. The first kappa shape index (κ1) is 13.6. The van der Waals surface area contributed by atoms with Crippen LogP contribution in [0.15, 0.2) is 18.3 Å². The second-order valence-electron chi connectivity index (χ2n) is 4.54. The molecule has 0 aliphatic carbocycles. The lowest BCUT2D eigenvalue weighted by Gasteiger charge is -2.29. The molecule has 1 N–H and O–H groups in total. The SMILES string of the molecule is COc1cc(N(C)CC(=O)N2CCNCC2)ccn1. The van der Waals surface area contributed by atoms with Gasteiger partial charge < -0.3 is 19.9 Å². The largest absolute Gasteiger partial charge is 0.481 e. The predicted molar refractivity (Wildman–Crippen MR) is 73.5 cm³/mol. The van der Waals surface area contributed by atoms with Crippen molar-refractivity contribution in [1.29, 1.82) is 0 Å². The van der Waals surface area contributed by atoms with E-state index in [9.17, 15) is 4.79 Å². The number of hydrogen-bond donors (Lipinski definition) is 1. The molecule has 0 bridgehead atoms. The van der Waals surface area contributed by atoms with Crippen LogP contribution in [0.4, 0.5) is 5.69 Å². The van der Waals surface area contributed by atoms with E-state index in [0.717, 1.165) is 31.9 Å². The lowest BCUT2D eigenvalue weighted by atomic mass is 10.3. The molecule has 6 nitrogen and oxygen atoms in total. The van der Waals surface area contributed by atoms with Gasteiger partial charge in [-0.05, 0) is 6.07 Å². The van der Waals surface area contributed by atoms with Crippen LogP contribution in [0.1, 0.15) is 0 Å². The molecule has 1 aromatic heterocycles. The Morgan fingerprint density at radius 2 is 2.26 bits per heavy atom. The van der Waals surface area contributed by atoms with E-state index in [1.807, 2.05) is 29.0 Å². The molecule has 104 valence electrons. The number of ether oxygens (including phenoxy) is 1. The molecule has 1 aromatic rings. The first-order chi connectivity index (χ1) is 9.20. The first-order valence-electron chi connectivity index (χ1n) is 6.40. The summed E-state index contributed by atoms with van der Waals surface area (Å²) in [6.45, 7) is 3.68. The molecule has 2 heterocycles. The summed E-state index contributed by atoms with van der Waals surface area (Å²) in [5, 5.41) is 3.24. The molecular weight excluding hydrogens is 244 g/mol. The van der Waals surface area contributed by atoms with Gasteiger partial charge in [0.25, 0.3) is 0 Å². The number of pyridine rings is 1. The number of methoxy groups -OCH3 is 1. The van der Waals surface area contributed by atoms with Gasteiger partial charge in [-0.25, -0.2) is 4.98 Å². The van der Waals surface area contributed by atoms with Crippen LogP contribution in [0.5, 0.6) is 5.88 Å². The van der Waals surface area contributed by atoms with Crippen LogP contribution in [0.2, 0.25) is 0 Å². The Morgan fingerprint density at radius 3 is 2.95 bits per heavy atom. The number of carbonyl (C=O) groups excluding carboxylic acids is 1. The molecular formula is C13H20N4O2. The van der Waals surface area contributed by atoms with Crippen LogP contribution >= 0.6 is 0 Å². The Hall–Kier alpha value is -1.82. The van der Waals surface area contributed by atoms with Crippen molar-refractivity contribution in [1.82, 2.24) is 15.2 Å². The van der Waals surface area contributed by atoms with Crippen LogP contribution in [0, 0.1) is 0 Å². The van der Waals surface area contributed by atoms with Crippen molar-refractivity contribution in [3.8, 4) is 5.88 Å². The average Bonchev–Trinajstić information content (AvgIpc) is 2.48. The van der Waals surface area contributed by atoms with E-state index in [4.69, 9.17) is 4.74 Å². The van der Waals surface area contributed by atoms with Crippen LogP contribution in [-0.4, -0.2) is 62.7 Å². The van der Waals surface area contributed by atoms with E-state index < -0.39 is 0 Å². The summed E-state index contributed by atoms with van der Waals surface area (Å²) in [6, 6.07) is 3.69. The van der Waals surface area contributed by atoms with E-state index >= 15 is 0 Å². The number of aromatic nitrogens is 1. The second kappa shape index (κ2) is 6.38. The Balaban J connectivity index is 1.95. The topological polar surface area (TPSA) is 57.7 Å². The smallest absolute Gasteiger partial charge is 0.242 e. The number of carbonyl (C=O) groups is 1. The lowest BCUT2D eigenvalue weighted by molar-refractivity contribution is -0.130. The van der Waals surface area contributed by atoms with Crippen molar-refractivity contribution in [2.45, 2.75) is 0 Å². The molecule has 0 radical (unpaired) electrons. The van der Waals surface area contributed by atoms with Gasteiger partial charge >= 0.3 is 0 Å². The summed E-state index contributed by atoms with van der Waals surface area (Å²) >= 11 is 0. The van der Waals surface area contributed by atoms with Crippen LogP contribution in [0.3, 0.4) is 0 Å². The summed E-state index contributed by atoms with van der Waals surface area (Å²) in [5.74, 6) is 0.707. The zero-order valence-corrected chi connectivity index (χ0v) is 11.4. The third-order valence-electron chi connectivity index (χ3n) is 3.21. The highest BCUT2D eigenvalue weighted by Gasteiger charge is 2.17. The molecule has 0 spiro atoms. The van der Waals surface area contributed by atoms with E-state index in [0.29, 0.717) is 12.4 Å². The zero-order chi connectivity index (χ0) is 13.7. The predicted octanol–water partition coefficient (Wildman–Crippen LogP) is -0.0418. The van der Waals surface area contributed by atoms with Gasteiger partial charge in [-0.15, -0.1) is 0 Å². The fourth-order valence-electron chi connectivity index (χ4n) is 2.06. The van der Waals surface area contributed by atoms with Gasteiger partial charge in [0.2, 0.25) is 11.8 Å². The first-order valence-corrected chi connectivity index (χ1v) is 6.40. The maximum atomic E-state index is 12.1. The number of amides is 1. The fourth-order valence-corrected chi connectivity index (χ4v) is 2.06. The molecule has 1 aliphatic heterocycles. The summed E-state index contributed by atoms with van der Waals surface area (Å²) in [5.41, 5.74) is 0.926. The fraction of sp³-hybridized carbons (Fsp3) is 0.538. The summed E-state index contributed by atoms with van der Waals surface area (Å²) in [4.78, 5) is 20.0. The van der Waals surface area contributed by atoms with Crippen molar-refractivity contribution in [3.05, 3.63) is 18.3 Å². The number of piperazine rings is 1. The van der Waals surface area contributed by atoms with E-state index in [1.54, 1.807) is 13.3 Å². The Bertz CT molecular complexity index is 432. The minimum Gasteiger partial charge on any atom is -0.481 e. The van der Waals surface area contributed by atoms with Crippen molar-refractivity contribution in [2.75, 3.05) is 51.8 Å². The van der Waals surface area contributed by atoms with Gasteiger partial charge in [0.1, 0.15) is 0 Å². The zero-order valence-electron chi connectivity index (χ0n) is 11.4. The minimum absolute atomic E-state index is 0.153. The number of nitrogens with zero attached hydrogens (tertiary/aromatic N) is 3. The standard InChI is InChI=1S/C13H20N4O2/c1-16(11-3-4-15-12(9-11)19-2)10-13(18)17-7-5-14-6-8-17/h3-4,9,14H,5-8,10H2,1-2H3. The van der Waals surface area contributed by atoms with E-state index in [1.165, 1.54) is 0 Å². The molecule has 0 saturated carbocycles. The molecule has 2 rings (SSSR count). The van der Waals surface area contributed by atoms with E-state index in [2.05, 4.69) is 10.3 Å². The highest BCUT2D eigenvalue weighted by molar-refractivity contribution is 5.81. The van der Waals surface area contributed by atoms with Crippen LogP contribution in [0.25, 0.3) is 0 Å². The van der Waals surface area contributed by atoms with Gasteiger partial charge in [-0.1, -0.05) is 0 Å². The number of hydrogen-bond acceptors (Lipinski definition) is 5. The summed E-state index contributed by atoms with van der Waals surface area (Å²) < 4.78 is 5.08. The molecule has 0 aromatic carbocycles. The maximum Gasteiger partial charge on any atom is 0.242 e.